The van der Waals surface area contributed by atoms with Gasteiger partial charge in [0.2, 0.25) is 0 Å². The molecule has 2 heterocycles. The number of rotatable bonds is 0. The molecule has 13 heavy (non-hydrogen) atoms. The monoisotopic (exact) mass is 188 g/mol. The molecule has 0 saturated carbocycles. The van der Waals surface area contributed by atoms with E-state index in [4.69, 9.17) is 0 Å². The molecule has 0 fully saturated rings. The minimum absolute atomic E-state index is 0.263. The summed E-state index contributed by atoms with van der Waals surface area (Å²) in [7, 11) is 0. The molecule has 0 atom stereocenters. The van der Waals surface area contributed by atoms with E-state index in [1.165, 1.54) is 15.5 Å². The fourth-order valence-corrected chi connectivity index (χ4v) is 2.75. The Hall–Kier alpha value is -0.625. The molecule has 2 heteroatoms. The van der Waals surface area contributed by atoms with Crippen LogP contribution in [0.1, 0.15) is 26.3 Å². The molecule has 0 nitrogen and oxygen atoms in total. The summed E-state index contributed by atoms with van der Waals surface area (Å²) in [4.78, 5) is 0. The molecule has 0 unspecified atom stereocenters. The van der Waals surface area contributed by atoms with Crippen molar-refractivity contribution in [3.8, 4) is 0 Å². The van der Waals surface area contributed by atoms with Crippen molar-refractivity contribution in [1.29, 1.82) is 0 Å². The summed E-state index contributed by atoms with van der Waals surface area (Å²) < 4.78 is 1.40. The third kappa shape index (κ3) is 1.55. The summed E-state index contributed by atoms with van der Waals surface area (Å²) in [5.74, 6) is 2.10. The molecule has 66 valence electrons. The van der Waals surface area contributed by atoms with Gasteiger partial charge in [0, 0.05) is 0 Å². The summed E-state index contributed by atoms with van der Waals surface area (Å²) in [5, 5.41) is 3.70. The van der Waals surface area contributed by atoms with E-state index in [0.717, 1.165) is 0 Å². The van der Waals surface area contributed by atoms with Crippen molar-refractivity contribution in [2.75, 3.05) is 0 Å². The first-order valence-electron chi connectivity index (χ1n) is 4.56. The third-order valence-corrected chi connectivity index (χ3v) is 3.25. The Morgan fingerprint density at radius 1 is 1.31 bits per heavy atom. The molecule has 0 radical (unpaired) electrons. The fourth-order valence-electron chi connectivity index (χ4n) is 1.56. The van der Waals surface area contributed by atoms with Gasteiger partial charge < -0.3 is 0 Å². The molecular weight excluding hydrogens is 175 g/mol. The van der Waals surface area contributed by atoms with Gasteiger partial charge in [-0.2, -0.15) is 0 Å². The summed E-state index contributed by atoms with van der Waals surface area (Å²) in [6.45, 7) is 8.99. The molecule has 0 aliphatic heterocycles. The van der Waals surface area contributed by atoms with Gasteiger partial charge in [-0.3, -0.25) is 0 Å². The van der Waals surface area contributed by atoms with Gasteiger partial charge >= 0.3 is 83.5 Å². The SMILES string of the molecule is CC(C)(C)c1csc2bcccc12. The van der Waals surface area contributed by atoms with Crippen LogP contribution in [0.15, 0.2) is 23.5 Å². The molecule has 0 spiro atoms. The fraction of sp³-hybridized carbons (Fsp3) is 0.364. The van der Waals surface area contributed by atoms with Crippen LogP contribution in [0.3, 0.4) is 0 Å². The van der Waals surface area contributed by atoms with Crippen LogP contribution in [-0.2, 0) is 5.41 Å². The molecule has 0 aromatic carbocycles. The second kappa shape index (κ2) is 2.95. The van der Waals surface area contributed by atoms with Crippen LogP contribution in [-0.4, -0.2) is 6.91 Å². The molecular formula is C11H13BS. The van der Waals surface area contributed by atoms with Gasteiger partial charge in [-0.1, -0.05) is 0 Å². The van der Waals surface area contributed by atoms with E-state index >= 15 is 0 Å². The molecule has 0 saturated heterocycles. The van der Waals surface area contributed by atoms with Gasteiger partial charge in [-0.05, 0) is 0 Å². The molecule has 2 aromatic rings. The Kier molecular flexibility index (Phi) is 2.03. The van der Waals surface area contributed by atoms with Crippen LogP contribution in [0.25, 0.3) is 9.98 Å². The molecule has 2 rings (SSSR count). The number of hydrogen-bond donors (Lipinski definition) is 0. The van der Waals surface area contributed by atoms with Crippen molar-refractivity contribution in [3.05, 3.63) is 29.0 Å². The van der Waals surface area contributed by atoms with Gasteiger partial charge in [0.1, 0.15) is 0 Å². The predicted molar refractivity (Wildman–Crippen MR) is 61.9 cm³/mol. The van der Waals surface area contributed by atoms with E-state index in [9.17, 15) is 0 Å². The minimum atomic E-state index is 0.263. The molecule has 0 aliphatic rings. The van der Waals surface area contributed by atoms with E-state index in [1.807, 2.05) is 11.3 Å². The van der Waals surface area contributed by atoms with Crippen LogP contribution in [0.5, 0.6) is 0 Å². The standard InChI is InChI=1S/C11H13BS/c1-11(2,3)9-7-13-10-8(9)5-4-6-12-10/h4-7H,1-3H3. The van der Waals surface area contributed by atoms with E-state index < -0.39 is 0 Å². The predicted octanol–water partition coefficient (Wildman–Crippen LogP) is 3.54. The maximum absolute atomic E-state index is 2.28. The Morgan fingerprint density at radius 2 is 2.08 bits per heavy atom. The van der Waals surface area contributed by atoms with Crippen molar-refractivity contribution >= 4 is 28.2 Å². The topological polar surface area (TPSA) is 0 Å². The van der Waals surface area contributed by atoms with Gasteiger partial charge in [0.25, 0.3) is 0 Å². The van der Waals surface area contributed by atoms with Crippen molar-refractivity contribution in [3.63, 3.8) is 0 Å². The van der Waals surface area contributed by atoms with Crippen LogP contribution in [0.2, 0.25) is 0 Å². The zero-order valence-electron chi connectivity index (χ0n) is 8.29. The van der Waals surface area contributed by atoms with Gasteiger partial charge in [-0.15, -0.1) is 0 Å². The number of hydrogen-bond acceptors (Lipinski definition) is 1. The molecule has 0 aliphatic carbocycles. The van der Waals surface area contributed by atoms with Gasteiger partial charge in [-0.25, -0.2) is 0 Å². The summed E-state index contributed by atoms with van der Waals surface area (Å²) in [5.41, 5.74) is 1.73. The van der Waals surface area contributed by atoms with Gasteiger partial charge in [0.15, 0.2) is 0 Å². The number of thiophene rings is 1. The van der Waals surface area contributed by atoms with E-state index in [0.29, 0.717) is 0 Å². The van der Waals surface area contributed by atoms with E-state index in [2.05, 4.69) is 51.2 Å². The van der Waals surface area contributed by atoms with Crippen molar-refractivity contribution in [1.82, 2.24) is 0 Å². The molecule has 0 N–H and O–H groups in total. The zero-order valence-corrected chi connectivity index (χ0v) is 9.11. The van der Waals surface area contributed by atoms with Crippen LogP contribution in [0.4, 0.5) is 0 Å². The Labute approximate surface area is 83.8 Å². The van der Waals surface area contributed by atoms with Crippen molar-refractivity contribution < 1.29 is 0 Å². The molecule has 2 aromatic heterocycles. The van der Waals surface area contributed by atoms with Crippen LogP contribution in [0, 0.1) is 0 Å². The first-order chi connectivity index (χ1) is 6.09. The number of fused-ring (bicyclic) bond motifs is 1. The van der Waals surface area contributed by atoms with E-state index in [1.54, 1.807) is 0 Å². The van der Waals surface area contributed by atoms with Gasteiger partial charge in [0.05, 0.1) is 0 Å². The summed E-state index contributed by atoms with van der Waals surface area (Å²) in [6, 6.07) is 4.33. The summed E-state index contributed by atoms with van der Waals surface area (Å²) in [6.07, 6.45) is 0. The van der Waals surface area contributed by atoms with E-state index in [-0.39, 0.29) is 5.41 Å². The van der Waals surface area contributed by atoms with Crippen LogP contribution < -0.4 is 0 Å². The first-order valence-corrected chi connectivity index (χ1v) is 5.44. The van der Waals surface area contributed by atoms with Crippen molar-refractivity contribution in [2.24, 2.45) is 0 Å². The first kappa shape index (κ1) is 8.95. The average Bonchev–Trinajstić information content (AvgIpc) is 2.45. The maximum atomic E-state index is 2.28. The van der Waals surface area contributed by atoms with Crippen LogP contribution >= 0.6 is 11.3 Å². The second-order valence-electron chi connectivity index (χ2n) is 4.40. The third-order valence-electron chi connectivity index (χ3n) is 2.29. The molecule has 0 amide bonds. The molecule has 0 bridgehead atoms. The normalized spacial score (nSPS) is 11.9. The second-order valence-corrected chi connectivity index (χ2v) is 5.31. The average molecular weight is 188 g/mol. The Balaban J connectivity index is 2.72. The quantitative estimate of drug-likeness (QED) is 0.593. The summed E-state index contributed by atoms with van der Waals surface area (Å²) >= 11 is 1.84. The van der Waals surface area contributed by atoms with Crippen molar-refractivity contribution in [2.45, 2.75) is 26.2 Å². The Bertz CT molecular complexity index is 423. The zero-order chi connectivity index (χ0) is 9.47. The Morgan fingerprint density at radius 3 is 2.77 bits per heavy atom.